The second kappa shape index (κ2) is 8.89. The zero-order chi connectivity index (χ0) is 15.7. The van der Waals surface area contributed by atoms with Crippen LogP contribution in [0.4, 0.5) is 13.2 Å². The maximum Gasteiger partial charge on any atom is 0.411 e. The molecule has 0 spiro atoms. The highest BCUT2D eigenvalue weighted by molar-refractivity contribution is 5.28. The van der Waals surface area contributed by atoms with Gasteiger partial charge in [0.25, 0.3) is 0 Å². The Morgan fingerprint density at radius 1 is 1.29 bits per heavy atom. The second-order valence-electron chi connectivity index (χ2n) is 4.91. The lowest BCUT2D eigenvalue weighted by Gasteiger charge is -2.15. The van der Waals surface area contributed by atoms with Crippen LogP contribution in [0.25, 0.3) is 0 Å². The Balaban J connectivity index is 2.31. The van der Waals surface area contributed by atoms with Gasteiger partial charge in [-0.25, -0.2) is 0 Å². The molecule has 0 aromatic heterocycles. The monoisotopic (exact) mass is 306 g/mol. The summed E-state index contributed by atoms with van der Waals surface area (Å²) in [5, 5.41) is 9.35. The third-order valence-corrected chi connectivity index (χ3v) is 3.08. The number of rotatable bonds is 9. The molecule has 120 valence electrons. The molecule has 1 unspecified atom stereocenters. The van der Waals surface area contributed by atoms with Gasteiger partial charge in [-0.3, -0.25) is 0 Å². The summed E-state index contributed by atoms with van der Waals surface area (Å²) in [6.07, 6.45) is -2.51. The van der Waals surface area contributed by atoms with Gasteiger partial charge in [0.15, 0.2) is 0 Å². The molecule has 0 fully saturated rings. The lowest BCUT2D eigenvalue weighted by Crippen LogP contribution is -2.18. The van der Waals surface area contributed by atoms with Gasteiger partial charge in [0.05, 0.1) is 7.11 Å². The first-order valence-corrected chi connectivity index (χ1v) is 6.83. The minimum atomic E-state index is -4.28. The number of aliphatic hydroxyl groups excluding tert-OH is 1. The molecule has 0 amide bonds. The molecular formula is C15H21F3O3. The van der Waals surface area contributed by atoms with Crippen LogP contribution in [0.1, 0.15) is 18.4 Å². The normalized spacial score (nSPS) is 13.2. The van der Waals surface area contributed by atoms with E-state index in [1.165, 1.54) is 0 Å². The summed E-state index contributed by atoms with van der Waals surface area (Å²) in [6.45, 7) is -1.17. The zero-order valence-electron chi connectivity index (χ0n) is 12.0. The van der Waals surface area contributed by atoms with Gasteiger partial charge >= 0.3 is 6.18 Å². The Bertz CT molecular complexity index is 407. The van der Waals surface area contributed by atoms with Gasteiger partial charge in [-0.05, 0) is 42.9 Å². The lowest BCUT2D eigenvalue weighted by atomic mass is 9.95. The Morgan fingerprint density at radius 2 is 2.05 bits per heavy atom. The average Bonchev–Trinajstić information content (AvgIpc) is 2.44. The van der Waals surface area contributed by atoms with Crippen molar-refractivity contribution in [2.24, 2.45) is 5.92 Å². The smallest absolute Gasteiger partial charge is 0.411 e. The SMILES string of the molecule is COc1cccc(CC(CO)CCCOCC(F)(F)F)c1. The summed E-state index contributed by atoms with van der Waals surface area (Å²) >= 11 is 0. The molecule has 6 heteroatoms. The summed E-state index contributed by atoms with van der Waals surface area (Å²) in [6, 6.07) is 7.53. The molecule has 0 saturated heterocycles. The Morgan fingerprint density at radius 3 is 2.67 bits per heavy atom. The topological polar surface area (TPSA) is 38.7 Å². The van der Waals surface area contributed by atoms with E-state index in [-0.39, 0.29) is 19.1 Å². The van der Waals surface area contributed by atoms with Crippen LogP contribution in [0.5, 0.6) is 5.75 Å². The van der Waals surface area contributed by atoms with Gasteiger partial charge in [-0.2, -0.15) is 13.2 Å². The van der Waals surface area contributed by atoms with Crippen molar-refractivity contribution in [2.75, 3.05) is 26.9 Å². The minimum absolute atomic E-state index is 0.00349. The minimum Gasteiger partial charge on any atom is -0.497 e. The van der Waals surface area contributed by atoms with E-state index in [0.717, 1.165) is 11.3 Å². The molecule has 0 aliphatic carbocycles. The third-order valence-electron chi connectivity index (χ3n) is 3.08. The predicted octanol–water partition coefficient (Wildman–Crippen LogP) is 3.21. The van der Waals surface area contributed by atoms with Crippen LogP contribution in [0.15, 0.2) is 24.3 Å². The van der Waals surface area contributed by atoms with Crippen LogP contribution in [-0.2, 0) is 11.2 Å². The van der Waals surface area contributed by atoms with Crippen LogP contribution in [0.2, 0.25) is 0 Å². The number of hydrogen-bond acceptors (Lipinski definition) is 3. The Kier molecular flexibility index (Phi) is 7.53. The lowest BCUT2D eigenvalue weighted by molar-refractivity contribution is -0.174. The number of aliphatic hydroxyl groups is 1. The fraction of sp³-hybridized carbons (Fsp3) is 0.600. The maximum absolute atomic E-state index is 11.9. The molecule has 1 rings (SSSR count). The Hall–Kier alpha value is -1.27. The van der Waals surface area contributed by atoms with Crippen molar-refractivity contribution >= 4 is 0 Å². The van der Waals surface area contributed by atoms with Crippen LogP contribution in [-0.4, -0.2) is 38.2 Å². The highest BCUT2D eigenvalue weighted by atomic mass is 19.4. The van der Waals surface area contributed by atoms with Crippen LogP contribution >= 0.6 is 0 Å². The van der Waals surface area contributed by atoms with E-state index >= 15 is 0 Å². The second-order valence-corrected chi connectivity index (χ2v) is 4.91. The van der Waals surface area contributed by atoms with E-state index < -0.39 is 12.8 Å². The molecule has 1 aromatic carbocycles. The highest BCUT2D eigenvalue weighted by Gasteiger charge is 2.27. The first-order chi connectivity index (χ1) is 9.94. The standard InChI is InChI=1S/C15H21F3O3/c1-20-14-6-2-4-12(9-14)8-13(10-19)5-3-7-21-11-15(16,17)18/h2,4,6,9,13,19H,3,5,7-8,10-11H2,1H3. The molecule has 21 heavy (non-hydrogen) atoms. The molecule has 0 aliphatic heterocycles. The van der Waals surface area contributed by atoms with Crippen LogP contribution in [0.3, 0.4) is 0 Å². The van der Waals surface area contributed by atoms with Crippen molar-refractivity contribution < 1.29 is 27.8 Å². The highest BCUT2D eigenvalue weighted by Crippen LogP contribution is 2.19. The van der Waals surface area contributed by atoms with Crippen molar-refractivity contribution in [2.45, 2.75) is 25.4 Å². The van der Waals surface area contributed by atoms with E-state index in [0.29, 0.717) is 19.3 Å². The molecule has 0 saturated carbocycles. The summed E-state index contributed by atoms with van der Waals surface area (Å²) in [7, 11) is 1.58. The number of ether oxygens (including phenoxy) is 2. The molecule has 0 bridgehead atoms. The average molecular weight is 306 g/mol. The number of halogens is 3. The van der Waals surface area contributed by atoms with Crippen molar-refractivity contribution in [1.82, 2.24) is 0 Å². The molecule has 1 atom stereocenters. The van der Waals surface area contributed by atoms with Crippen molar-refractivity contribution in [1.29, 1.82) is 0 Å². The van der Waals surface area contributed by atoms with Gasteiger partial charge in [-0.15, -0.1) is 0 Å². The predicted molar refractivity (Wildman–Crippen MR) is 73.4 cm³/mol. The molecule has 1 aromatic rings. The Labute approximate surface area is 122 Å². The fourth-order valence-corrected chi connectivity index (χ4v) is 2.05. The molecule has 1 N–H and O–H groups in total. The van der Waals surface area contributed by atoms with Gasteiger partial charge in [-0.1, -0.05) is 12.1 Å². The summed E-state index contributed by atoms with van der Waals surface area (Å²) in [5.74, 6) is 0.754. The fourth-order valence-electron chi connectivity index (χ4n) is 2.05. The van der Waals surface area contributed by atoms with Gasteiger partial charge < -0.3 is 14.6 Å². The quantitative estimate of drug-likeness (QED) is 0.712. The number of methoxy groups -OCH3 is 1. The maximum atomic E-state index is 11.9. The van der Waals surface area contributed by atoms with Gasteiger partial charge in [0.2, 0.25) is 0 Å². The molecule has 0 aliphatic rings. The third kappa shape index (κ3) is 7.92. The summed E-state index contributed by atoms with van der Waals surface area (Å²) in [5.41, 5.74) is 1.03. The van der Waals surface area contributed by atoms with Crippen molar-refractivity contribution in [3.05, 3.63) is 29.8 Å². The van der Waals surface area contributed by atoms with Crippen LogP contribution < -0.4 is 4.74 Å². The molecular weight excluding hydrogens is 285 g/mol. The number of alkyl halides is 3. The molecule has 0 heterocycles. The van der Waals surface area contributed by atoms with E-state index in [9.17, 15) is 18.3 Å². The summed E-state index contributed by atoms with van der Waals surface area (Å²) in [4.78, 5) is 0. The number of hydrogen-bond donors (Lipinski definition) is 1. The first kappa shape index (κ1) is 17.8. The van der Waals surface area contributed by atoms with E-state index in [2.05, 4.69) is 4.74 Å². The van der Waals surface area contributed by atoms with Gasteiger partial charge in [0, 0.05) is 13.2 Å². The number of benzene rings is 1. The summed E-state index contributed by atoms with van der Waals surface area (Å²) < 4.78 is 45.3. The van der Waals surface area contributed by atoms with Crippen molar-refractivity contribution in [3.8, 4) is 5.75 Å². The van der Waals surface area contributed by atoms with E-state index in [1.54, 1.807) is 7.11 Å². The zero-order valence-corrected chi connectivity index (χ0v) is 12.0. The largest absolute Gasteiger partial charge is 0.497 e. The van der Waals surface area contributed by atoms with Gasteiger partial charge in [0.1, 0.15) is 12.4 Å². The van der Waals surface area contributed by atoms with Crippen molar-refractivity contribution in [3.63, 3.8) is 0 Å². The van der Waals surface area contributed by atoms with E-state index in [4.69, 9.17) is 4.74 Å². The first-order valence-electron chi connectivity index (χ1n) is 6.83. The van der Waals surface area contributed by atoms with E-state index in [1.807, 2.05) is 24.3 Å². The van der Waals surface area contributed by atoms with Crippen LogP contribution in [0, 0.1) is 5.92 Å². The molecule has 3 nitrogen and oxygen atoms in total. The molecule has 0 radical (unpaired) electrons.